The van der Waals surface area contributed by atoms with E-state index in [4.69, 9.17) is 0 Å². The average Bonchev–Trinajstić information content (AvgIpc) is 2.46. The maximum absolute atomic E-state index is 12.8. The zero-order chi connectivity index (χ0) is 9.42. The Morgan fingerprint density at radius 3 is 2.92 bits per heavy atom. The zero-order valence-corrected chi connectivity index (χ0v) is 7.66. The van der Waals surface area contributed by atoms with Crippen LogP contribution in [0.3, 0.4) is 0 Å². The normalized spacial score (nSPS) is 11.4. The molecule has 0 fully saturated rings. The third-order valence-electron chi connectivity index (χ3n) is 2.03. The first-order valence-corrected chi connectivity index (χ1v) is 4.31. The highest BCUT2D eigenvalue weighted by Gasteiger charge is 2.05. The Bertz CT molecular complexity index is 431. The predicted octanol–water partition coefficient (Wildman–Crippen LogP) is 2.60. The number of rotatable bonds is 1. The van der Waals surface area contributed by atoms with Crippen molar-refractivity contribution >= 4 is 5.65 Å². The van der Waals surface area contributed by atoms with Crippen molar-refractivity contribution < 1.29 is 4.39 Å². The van der Waals surface area contributed by atoms with E-state index in [1.165, 1.54) is 12.1 Å². The minimum atomic E-state index is -0.242. The second-order valence-electron chi connectivity index (χ2n) is 3.43. The minimum Gasteiger partial charge on any atom is -0.307 e. The van der Waals surface area contributed by atoms with Crippen molar-refractivity contribution in [2.75, 3.05) is 0 Å². The molecule has 0 amide bonds. The highest BCUT2D eigenvalue weighted by molar-refractivity contribution is 5.40. The fourth-order valence-electron chi connectivity index (χ4n) is 1.25. The van der Waals surface area contributed by atoms with Crippen LogP contribution in [-0.4, -0.2) is 9.38 Å². The lowest BCUT2D eigenvalue weighted by molar-refractivity contribution is 0.626. The molecule has 3 heteroatoms. The van der Waals surface area contributed by atoms with E-state index in [1.54, 1.807) is 6.20 Å². The van der Waals surface area contributed by atoms with Gasteiger partial charge in [-0.1, -0.05) is 13.8 Å². The Morgan fingerprint density at radius 1 is 1.46 bits per heavy atom. The third kappa shape index (κ3) is 1.41. The highest BCUT2D eigenvalue weighted by atomic mass is 19.1. The number of nitrogens with zero attached hydrogens (tertiary/aromatic N) is 2. The lowest BCUT2D eigenvalue weighted by Crippen LogP contribution is -1.84. The van der Waals surface area contributed by atoms with Crippen LogP contribution in [-0.2, 0) is 0 Å². The number of hydrogen-bond acceptors (Lipinski definition) is 1. The van der Waals surface area contributed by atoms with Crippen molar-refractivity contribution in [1.82, 2.24) is 9.38 Å². The zero-order valence-electron chi connectivity index (χ0n) is 7.66. The molecule has 0 bridgehead atoms. The molecule has 68 valence electrons. The van der Waals surface area contributed by atoms with E-state index in [2.05, 4.69) is 18.8 Å². The van der Waals surface area contributed by atoms with E-state index < -0.39 is 0 Å². The Kier molecular flexibility index (Phi) is 1.79. The van der Waals surface area contributed by atoms with Crippen molar-refractivity contribution in [3.8, 4) is 0 Å². The average molecular weight is 178 g/mol. The largest absolute Gasteiger partial charge is 0.307 e. The number of imidazole rings is 1. The molecule has 0 unspecified atom stereocenters. The molecule has 0 spiro atoms. The van der Waals surface area contributed by atoms with Crippen molar-refractivity contribution in [1.29, 1.82) is 0 Å². The van der Waals surface area contributed by atoms with Crippen LogP contribution in [0.5, 0.6) is 0 Å². The number of halogens is 1. The van der Waals surface area contributed by atoms with Crippen molar-refractivity contribution in [2.45, 2.75) is 19.8 Å². The molecule has 0 saturated heterocycles. The molecule has 2 rings (SSSR count). The fraction of sp³-hybridized carbons (Fsp3) is 0.300. The lowest BCUT2D eigenvalue weighted by atomic mass is 10.2. The standard InChI is InChI=1S/C10H11FN2/c1-7(2)9-6-13-4-3-8(11)5-10(13)12-9/h3-7H,1-2H3. The van der Waals surface area contributed by atoms with Crippen LogP contribution in [0.2, 0.25) is 0 Å². The van der Waals surface area contributed by atoms with Gasteiger partial charge in [-0.05, 0) is 12.0 Å². The van der Waals surface area contributed by atoms with Crippen LogP contribution in [0.1, 0.15) is 25.5 Å². The first-order chi connectivity index (χ1) is 6.16. The number of aromatic nitrogens is 2. The SMILES string of the molecule is CC(C)c1cn2ccc(F)cc2n1. The molecule has 0 aliphatic heterocycles. The molecule has 0 radical (unpaired) electrons. The molecule has 0 saturated carbocycles. The minimum absolute atomic E-state index is 0.242. The summed E-state index contributed by atoms with van der Waals surface area (Å²) in [5.74, 6) is 0.136. The van der Waals surface area contributed by atoms with E-state index in [9.17, 15) is 4.39 Å². The van der Waals surface area contributed by atoms with E-state index in [1.807, 2.05) is 10.6 Å². The lowest BCUT2D eigenvalue weighted by Gasteiger charge is -1.94. The molecule has 0 N–H and O–H groups in total. The summed E-state index contributed by atoms with van der Waals surface area (Å²) in [7, 11) is 0. The summed E-state index contributed by atoms with van der Waals surface area (Å²) in [4.78, 5) is 4.30. The van der Waals surface area contributed by atoms with E-state index in [0.29, 0.717) is 11.6 Å². The van der Waals surface area contributed by atoms with E-state index in [-0.39, 0.29) is 5.82 Å². The molecule has 2 aromatic rings. The predicted molar refractivity (Wildman–Crippen MR) is 49.2 cm³/mol. The van der Waals surface area contributed by atoms with Gasteiger partial charge in [-0.15, -0.1) is 0 Å². The number of pyridine rings is 1. The fourth-order valence-corrected chi connectivity index (χ4v) is 1.25. The molecule has 2 nitrogen and oxygen atoms in total. The van der Waals surface area contributed by atoms with Gasteiger partial charge in [-0.25, -0.2) is 9.37 Å². The number of fused-ring (bicyclic) bond motifs is 1. The Balaban J connectivity index is 2.62. The van der Waals surface area contributed by atoms with Crippen LogP contribution >= 0.6 is 0 Å². The van der Waals surface area contributed by atoms with Gasteiger partial charge < -0.3 is 4.40 Å². The van der Waals surface area contributed by atoms with Gasteiger partial charge in [-0.2, -0.15) is 0 Å². The maximum atomic E-state index is 12.8. The summed E-state index contributed by atoms with van der Waals surface area (Å²) in [6.07, 6.45) is 3.61. The smallest absolute Gasteiger partial charge is 0.139 e. The summed E-state index contributed by atoms with van der Waals surface area (Å²) >= 11 is 0. The van der Waals surface area contributed by atoms with Crippen molar-refractivity contribution in [2.24, 2.45) is 0 Å². The molecule has 0 aliphatic rings. The maximum Gasteiger partial charge on any atom is 0.139 e. The molecule has 2 heterocycles. The summed E-state index contributed by atoms with van der Waals surface area (Å²) < 4.78 is 14.6. The van der Waals surface area contributed by atoms with E-state index >= 15 is 0 Å². The molecule has 13 heavy (non-hydrogen) atoms. The summed E-state index contributed by atoms with van der Waals surface area (Å²) in [6, 6.07) is 2.87. The molecule has 2 aromatic heterocycles. The van der Waals surface area contributed by atoms with Crippen LogP contribution in [0.25, 0.3) is 5.65 Å². The summed E-state index contributed by atoms with van der Waals surface area (Å²) in [5.41, 5.74) is 1.66. The Labute approximate surface area is 76.0 Å². The van der Waals surface area contributed by atoms with Gasteiger partial charge in [0.15, 0.2) is 0 Å². The van der Waals surface area contributed by atoms with E-state index in [0.717, 1.165) is 5.69 Å². The third-order valence-corrected chi connectivity index (χ3v) is 2.03. The molecular weight excluding hydrogens is 167 g/mol. The van der Waals surface area contributed by atoms with Gasteiger partial charge in [0.05, 0.1) is 5.69 Å². The summed E-state index contributed by atoms with van der Waals surface area (Å²) in [6.45, 7) is 4.14. The van der Waals surface area contributed by atoms with Gasteiger partial charge in [0.25, 0.3) is 0 Å². The van der Waals surface area contributed by atoms with Gasteiger partial charge in [0, 0.05) is 18.5 Å². The van der Waals surface area contributed by atoms with Gasteiger partial charge in [0.2, 0.25) is 0 Å². The highest BCUT2D eigenvalue weighted by Crippen LogP contribution is 2.14. The molecule has 0 atom stereocenters. The first-order valence-electron chi connectivity index (χ1n) is 4.31. The van der Waals surface area contributed by atoms with Crippen molar-refractivity contribution in [3.05, 3.63) is 36.0 Å². The van der Waals surface area contributed by atoms with Crippen LogP contribution in [0.15, 0.2) is 24.5 Å². The second-order valence-corrected chi connectivity index (χ2v) is 3.43. The molecule has 0 aromatic carbocycles. The van der Waals surface area contributed by atoms with Gasteiger partial charge >= 0.3 is 0 Å². The molecular formula is C10H11FN2. The topological polar surface area (TPSA) is 17.3 Å². The first kappa shape index (κ1) is 8.23. The Hall–Kier alpha value is -1.38. The van der Waals surface area contributed by atoms with Crippen LogP contribution < -0.4 is 0 Å². The molecule has 0 aliphatic carbocycles. The van der Waals surface area contributed by atoms with Gasteiger partial charge in [0.1, 0.15) is 11.5 Å². The van der Waals surface area contributed by atoms with Crippen molar-refractivity contribution in [3.63, 3.8) is 0 Å². The number of hydrogen-bond donors (Lipinski definition) is 0. The monoisotopic (exact) mass is 178 g/mol. The van der Waals surface area contributed by atoms with Crippen LogP contribution in [0.4, 0.5) is 4.39 Å². The van der Waals surface area contributed by atoms with Gasteiger partial charge in [-0.3, -0.25) is 0 Å². The Morgan fingerprint density at radius 2 is 2.23 bits per heavy atom. The quantitative estimate of drug-likeness (QED) is 0.656. The summed E-state index contributed by atoms with van der Waals surface area (Å²) in [5, 5.41) is 0. The second kappa shape index (κ2) is 2.83. The van der Waals surface area contributed by atoms with Crippen LogP contribution in [0, 0.1) is 5.82 Å².